The summed E-state index contributed by atoms with van der Waals surface area (Å²) in [5, 5.41) is 9.60. The van der Waals surface area contributed by atoms with Crippen molar-refractivity contribution in [3.63, 3.8) is 0 Å². The molecule has 0 aliphatic carbocycles. The van der Waals surface area contributed by atoms with Crippen molar-refractivity contribution < 1.29 is 4.79 Å². The molecule has 0 aliphatic rings. The lowest BCUT2D eigenvalue weighted by molar-refractivity contribution is -0.125. The van der Waals surface area contributed by atoms with Crippen LogP contribution in [0.25, 0.3) is 22.2 Å². The number of carbonyl (C=O) groups is 1. The molecular weight excluding hydrogens is 394 g/mol. The summed E-state index contributed by atoms with van der Waals surface area (Å²) in [5.41, 5.74) is 3.79. The summed E-state index contributed by atoms with van der Waals surface area (Å²) in [7, 11) is 0. The predicted molar refractivity (Wildman–Crippen MR) is 123 cm³/mol. The molecule has 0 aliphatic heterocycles. The van der Waals surface area contributed by atoms with Crippen molar-refractivity contribution in [2.45, 2.75) is 32.4 Å². The van der Waals surface area contributed by atoms with Crippen molar-refractivity contribution in [3.05, 3.63) is 89.4 Å². The van der Waals surface area contributed by atoms with Crippen molar-refractivity contribution in [3.8, 4) is 11.3 Å². The maximum atomic E-state index is 13.2. The third-order valence-corrected chi connectivity index (χ3v) is 5.59. The molecule has 3 aromatic carbocycles. The van der Waals surface area contributed by atoms with Crippen molar-refractivity contribution in [2.75, 3.05) is 0 Å². The number of halogens is 1. The van der Waals surface area contributed by atoms with Crippen LogP contribution in [0.15, 0.2) is 78.9 Å². The van der Waals surface area contributed by atoms with Gasteiger partial charge in [-0.2, -0.15) is 5.10 Å². The fraction of sp³-hybridized carbons (Fsp3) is 0.200. The Morgan fingerprint density at radius 1 is 1.03 bits per heavy atom. The predicted octanol–water partition coefficient (Wildman–Crippen LogP) is 6.19. The van der Waals surface area contributed by atoms with Gasteiger partial charge in [-0.3, -0.25) is 9.48 Å². The van der Waals surface area contributed by atoms with Gasteiger partial charge in [-0.15, -0.1) is 0 Å². The van der Waals surface area contributed by atoms with Crippen molar-refractivity contribution in [1.29, 1.82) is 0 Å². The fourth-order valence-electron chi connectivity index (χ4n) is 3.76. The normalized spacial score (nSPS) is 13.2. The highest BCUT2D eigenvalue weighted by Crippen LogP contribution is 2.32. The Hall–Kier alpha value is -3.11. The van der Waals surface area contributed by atoms with Crippen molar-refractivity contribution in [2.24, 2.45) is 0 Å². The molecule has 0 unspecified atom stereocenters. The molecule has 0 radical (unpaired) electrons. The van der Waals surface area contributed by atoms with Crippen LogP contribution in [-0.2, 0) is 4.79 Å². The zero-order valence-corrected chi connectivity index (χ0v) is 17.8. The summed E-state index contributed by atoms with van der Waals surface area (Å²) in [5.74, 6) is -0.0483. The first-order valence-corrected chi connectivity index (χ1v) is 10.5. The third kappa shape index (κ3) is 3.96. The van der Waals surface area contributed by atoms with E-state index < -0.39 is 6.04 Å². The van der Waals surface area contributed by atoms with Gasteiger partial charge in [-0.1, -0.05) is 79.2 Å². The first-order chi connectivity index (χ1) is 14.6. The number of hydrogen-bond acceptors (Lipinski definition) is 2. The van der Waals surface area contributed by atoms with Gasteiger partial charge in [0.25, 0.3) is 0 Å². The minimum atomic E-state index is -0.419. The second kappa shape index (κ2) is 8.72. The molecule has 4 nitrogen and oxygen atoms in total. The van der Waals surface area contributed by atoms with Crippen LogP contribution in [0.4, 0.5) is 0 Å². The molecule has 1 amide bonds. The van der Waals surface area contributed by atoms with E-state index in [4.69, 9.17) is 16.7 Å². The average Bonchev–Trinajstić information content (AvgIpc) is 3.14. The van der Waals surface area contributed by atoms with Crippen LogP contribution < -0.4 is 5.32 Å². The molecule has 0 bridgehead atoms. The summed E-state index contributed by atoms with van der Waals surface area (Å²) < 4.78 is 1.83. The molecule has 2 atom stereocenters. The van der Waals surface area contributed by atoms with E-state index in [1.807, 2.05) is 97.4 Å². The first-order valence-electron chi connectivity index (χ1n) is 10.2. The molecule has 4 aromatic rings. The van der Waals surface area contributed by atoms with E-state index in [0.29, 0.717) is 11.4 Å². The van der Waals surface area contributed by atoms with Gasteiger partial charge < -0.3 is 5.32 Å². The lowest BCUT2D eigenvalue weighted by Gasteiger charge is -2.20. The molecule has 1 aromatic heterocycles. The Bertz CT molecular complexity index is 1160. The van der Waals surface area contributed by atoms with Crippen LogP contribution in [-0.4, -0.2) is 15.7 Å². The van der Waals surface area contributed by atoms with Gasteiger partial charge >= 0.3 is 0 Å². The van der Waals surface area contributed by atoms with E-state index in [0.717, 1.165) is 27.7 Å². The monoisotopic (exact) mass is 417 g/mol. The number of amides is 1. The Balaban J connectivity index is 1.72. The van der Waals surface area contributed by atoms with Gasteiger partial charge in [0, 0.05) is 16.0 Å². The average molecular weight is 418 g/mol. The number of hydrogen-bond donors (Lipinski definition) is 1. The molecule has 30 heavy (non-hydrogen) atoms. The highest BCUT2D eigenvalue weighted by molar-refractivity contribution is 6.31. The van der Waals surface area contributed by atoms with Gasteiger partial charge in [0.2, 0.25) is 5.91 Å². The maximum Gasteiger partial charge on any atom is 0.245 e. The van der Waals surface area contributed by atoms with Gasteiger partial charge in [0.1, 0.15) is 11.7 Å². The SMILES string of the molecule is CC[C@@H](C(=O)N[C@@H](C)c1ccccc1)n1nc(-c2ccccc2)c2cc(Cl)ccc21. The van der Waals surface area contributed by atoms with E-state index in [1.54, 1.807) is 0 Å². The molecule has 152 valence electrons. The van der Waals surface area contributed by atoms with Gasteiger partial charge in [-0.05, 0) is 37.1 Å². The van der Waals surface area contributed by atoms with Crippen LogP contribution in [0.1, 0.15) is 37.9 Å². The van der Waals surface area contributed by atoms with E-state index >= 15 is 0 Å². The van der Waals surface area contributed by atoms with Crippen LogP contribution in [0.2, 0.25) is 5.02 Å². The minimum Gasteiger partial charge on any atom is -0.348 e. The van der Waals surface area contributed by atoms with E-state index in [9.17, 15) is 4.79 Å². The maximum absolute atomic E-state index is 13.2. The van der Waals surface area contributed by atoms with Gasteiger partial charge in [-0.25, -0.2) is 0 Å². The summed E-state index contributed by atoms with van der Waals surface area (Å²) in [6, 6.07) is 25.1. The minimum absolute atomic E-state index is 0.0483. The van der Waals surface area contributed by atoms with Gasteiger partial charge in [0.05, 0.1) is 11.6 Å². The highest BCUT2D eigenvalue weighted by atomic mass is 35.5. The number of aromatic nitrogens is 2. The van der Waals surface area contributed by atoms with Crippen molar-refractivity contribution in [1.82, 2.24) is 15.1 Å². The number of carbonyl (C=O) groups excluding carboxylic acids is 1. The zero-order valence-electron chi connectivity index (χ0n) is 17.0. The molecule has 1 N–H and O–H groups in total. The molecule has 5 heteroatoms. The highest BCUT2D eigenvalue weighted by Gasteiger charge is 2.25. The molecule has 1 heterocycles. The summed E-state index contributed by atoms with van der Waals surface area (Å²) >= 11 is 6.28. The lowest BCUT2D eigenvalue weighted by atomic mass is 10.1. The second-order valence-electron chi connectivity index (χ2n) is 7.39. The van der Waals surface area contributed by atoms with Crippen LogP contribution in [0.5, 0.6) is 0 Å². The lowest BCUT2D eigenvalue weighted by Crippen LogP contribution is -2.34. The number of rotatable bonds is 6. The number of nitrogens with zero attached hydrogens (tertiary/aromatic N) is 2. The topological polar surface area (TPSA) is 46.9 Å². The summed E-state index contributed by atoms with van der Waals surface area (Å²) in [4.78, 5) is 13.2. The quantitative estimate of drug-likeness (QED) is 0.407. The molecular formula is C25H24ClN3O. The van der Waals surface area contributed by atoms with Crippen molar-refractivity contribution >= 4 is 28.4 Å². The Morgan fingerprint density at radius 3 is 2.37 bits per heavy atom. The standard InChI is InChI=1S/C25H24ClN3O/c1-3-22(25(30)27-17(2)18-10-6-4-7-11-18)29-23-15-14-20(26)16-21(23)24(28-29)19-12-8-5-9-13-19/h4-17,22H,3H2,1-2H3,(H,27,30)/t17-,22-/m0/s1. The number of benzene rings is 3. The van der Waals surface area contributed by atoms with Crippen LogP contribution in [0, 0.1) is 0 Å². The van der Waals surface area contributed by atoms with E-state index in [1.165, 1.54) is 0 Å². The largest absolute Gasteiger partial charge is 0.348 e. The zero-order chi connectivity index (χ0) is 21.1. The Kier molecular flexibility index (Phi) is 5.86. The third-order valence-electron chi connectivity index (χ3n) is 5.36. The van der Waals surface area contributed by atoms with Crippen LogP contribution in [0.3, 0.4) is 0 Å². The molecule has 0 fully saturated rings. The summed E-state index contributed by atoms with van der Waals surface area (Å²) in [6.07, 6.45) is 0.626. The molecule has 0 spiro atoms. The Labute approximate surface area is 181 Å². The molecule has 0 saturated heterocycles. The number of nitrogens with one attached hydrogen (secondary N) is 1. The summed E-state index contributed by atoms with van der Waals surface area (Å²) in [6.45, 7) is 4.00. The van der Waals surface area contributed by atoms with E-state index in [-0.39, 0.29) is 11.9 Å². The van der Waals surface area contributed by atoms with E-state index in [2.05, 4.69) is 5.32 Å². The first kappa shape index (κ1) is 20.2. The Morgan fingerprint density at radius 2 is 1.70 bits per heavy atom. The van der Waals surface area contributed by atoms with Crippen LogP contribution >= 0.6 is 11.6 Å². The molecule has 4 rings (SSSR count). The molecule has 0 saturated carbocycles. The smallest absolute Gasteiger partial charge is 0.245 e. The fourth-order valence-corrected chi connectivity index (χ4v) is 3.94. The number of fused-ring (bicyclic) bond motifs is 1. The second-order valence-corrected chi connectivity index (χ2v) is 7.82. The van der Waals surface area contributed by atoms with Gasteiger partial charge in [0.15, 0.2) is 0 Å².